The van der Waals surface area contributed by atoms with E-state index in [1.807, 2.05) is 23.1 Å². The van der Waals surface area contributed by atoms with Gasteiger partial charge in [-0.25, -0.2) is 0 Å². The van der Waals surface area contributed by atoms with Crippen molar-refractivity contribution >= 4 is 34.7 Å². The summed E-state index contributed by atoms with van der Waals surface area (Å²) in [6.07, 6.45) is 5.22. The molecule has 0 atom stereocenters. The van der Waals surface area contributed by atoms with Gasteiger partial charge >= 0.3 is 0 Å². The van der Waals surface area contributed by atoms with E-state index >= 15 is 0 Å². The van der Waals surface area contributed by atoms with Gasteiger partial charge < -0.3 is 19.6 Å². The van der Waals surface area contributed by atoms with Gasteiger partial charge in [0, 0.05) is 68.0 Å². The number of piperidine rings is 1. The van der Waals surface area contributed by atoms with Crippen molar-refractivity contribution in [1.82, 2.24) is 4.90 Å². The topological polar surface area (TPSA) is 53.8 Å². The van der Waals surface area contributed by atoms with Crippen LogP contribution in [0.5, 0.6) is 0 Å². The molecule has 0 unspecified atom stereocenters. The molecule has 2 aliphatic rings. The van der Waals surface area contributed by atoms with Crippen molar-refractivity contribution in [3.05, 3.63) is 82.9 Å². The molecule has 2 saturated heterocycles. The summed E-state index contributed by atoms with van der Waals surface area (Å²) in [7, 11) is 0. The van der Waals surface area contributed by atoms with Crippen LogP contribution in [-0.2, 0) is 0 Å². The van der Waals surface area contributed by atoms with Crippen molar-refractivity contribution < 1.29 is 4.79 Å². The average molecular weight is 582 g/mol. The minimum absolute atomic E-state index is 0.144. The van der Waals surface area contributed by atoms with Gasteiger partial charge in [-0.15, -0.1) is 11.8 Å². The fourth-order valence-electron chi connectivity index (χ4n) is 6.60. The van der Waals surface area contributed by atoms with Gasteiger partial charge in [0.1, 0.15) is 6.07 Å². The van der Waals surface area contributed by atoms with E-state index in [9.17, 15) is 10.1 Å². The number of anilines is 3. The quantitative estimate of drug-likeness (QED) is 0.275. The van der Waals surface area contributed by atoms with Crippen LogP contribution in [0.2, 0.25) is 0 Å². The van der Waals surface area contributed by atoms with E-state index in [4.69, 9.17) is 0 Å². The van der Waals surface area contributed by atoms with Gasteiger partial charge in [0.05, 0.1) is 16.9 Å². The maximum atomic E-state index is 13.9. The maximum Gasteiger partial charge on any atom is 0.254 e. The molecule has 42 heavy (non-hydrogen) atoms. The van der Waals surface area contributed by atoms with Crippen LogP contribution >= 0.6 is 11.8 Å². The number of nitrogens with zero attached hydrogens (tertiary/aromatic N) is 5. The van der Waals surface area contributed by atoms with Gasteiger partial charge in [0.15, 0.2) is 0 Å². The summed E-state index contributed by atoms with van der Waals surface area (Å²) in [4.78, 5) is 24.6. The third-order valence-electron chi connectivity index (χ3n) is 8.81. The summed E-state index contributed by atoms with van der Waals surface area (Å²) in [5.41, 5.74) is 7.35. The second kappa shape index (κ2) is 13.6. The van der Waals surface area contributed by atoms with E-state index in [0.29, 0.717) is 6.04 Å². The molecular formula is C35H43N5OS. The van der Waals surface area contributed by atoms with Gasteiger partial charge in [-0.3, -0.25) is 4.79 Å². The largest absolute Gasteiger partial charge is 0.370 e. The van der Waals surface area contributed by atoms with Crippen LogP contribution < -0.4 is 14.7 Å². The molecule has 7 heteroatoms. The molecule has 1 amide bonds. The SMILES string of the molecule is CCCN(c1cc(C(=O)N2CCN(c3ccccc3SC)CC2)c(C)cc1C)C1CCN(c2ccccc2C#N)CC1. The molecule has 0 aromatic heterocycles. The highest BCUT2D eigenvalue weighted by atomic mass is 32.2. The lowest BCUT2D eigenvalue weighted by Gasteiger charge is -2.41. The third kappa shape index (κ3) is 6.24. The van der Waals surface area contributed by atoms with Crippen molar-refractivity contribution in [3.8, 4) is 6.07 Å². The Labute approximate surface area is 255 Å². The molecule has 2 fully saturated rings. The molecule has 3 aromatic carbocycles. The van der Waals surface area contributed by atoms with E-state index in [2.05, 4.69) is 90.3 Å². The molecule has 0 N–H and O–H groups in total. The van der Waals surface area contributed by atoms with Crippen molar-refractivity contribution in [1.29, 1.82) is 5.26 Å². The van der Waals surface area contributed by atoms with Crippen molar-refractivity contribution in [3.63, 3.8) is 0 Å². The minimum Gasteiger partial charge on any atom is -0.370 e. The summed E-state index contributed by atoms with van der Waals surface area (Å²) in [6, 6.07) is 23.6. The number of amides is 1. The highest BCUT2D eigenvalue weighted by Crippen LogP contribution is 2.33. The number of para-hydroxylation sites is 2. The molecule has 0 saturated carbocycles. The van der Waals surface area contributed by atoms with E-state index in [-0.39, 0.29) is 5.91 Å². The Bertz CT molecular complexity index is 1430. The predicted octanol–water partition coefficient (Wildman–Crippen LogP) is 6.74. The molecular weight excluding hydrogens is 538 g/mol. The Kier molecular flexibility index (Phi) is 9.64. The number of thioether (sulfide) groups is 1. The van der Waals surface area contributed by atoms with Crippen molar-refractivity contribution in [2.24, 2.45) is 0 Å². The van der Waals surface area contributed by atoms with Crippen LogP contribution in [0.25, 0.3) is 0 Å². The third-order valence-corrected chi connectivity index (χ3v) is 9.60. The first-order valence-corrected chi connectivity index (χ1v) is 16.5. The van der Waals surface area contributed by atoms with Gasteiger partial charge in [-0.1, -0.05) is 37.3 Å². The number of hydrogen-bond donors (Lipinski definition) is 0. The average Bonchev–Trinajstić information content (AvgIpc) is 3.04. The van der Waals surface area contributed by atoms with E-state index in [1.54, 1.807) is 11.8 Å². The molecule has 2 aliphatic heterocycles. The summed E-state index contributed by atoms with van der Waals surface area (Å²) >= 11 is 1.77. The zero-order valence-electron chi connectivity index (χ0n) is 25.5. The number of hydrogen-bond acceptors (Lipinski definition) is 6. The molecule has 6 nitrogen and oxygen atoms in total. The Morgan fingerprint density at radius 2 is 1.55 bits per heavy atom. The van der Waals surface area contributed by atoms with Crippen LogP contribution in [-0.4, -0.2) is 68.9 Å². The van der Waals surface area contributed by atoms with Crippen LogP contribution in [0.4, 0.5) is 17.1 Å². The summed E-state index contributed by atoms with van der Waals surface area (Å²) in [5.74, 6) is 0.144. The van der Waals surface area contributed by atoms with Crippen LogP contribution in [0.3, 0.4) is 0 Å². The van der Waals surface area contributed by atoms with Gasteiger partial charge in [0.2, 0.25) is 0 Å². The second-order valence-electron chi connectivity index (χ2n) is 11.4. The number of aryl methyl sites for hydroxylation is 2. The predicted molar refractivity (Wildman–Crippen MR) is 176 cm³/mol. The lowest BCUT2D eigenvalue weighted by atomic mass is 9.97. The van der Waals surface area contributed by atoms with Gasteiger partial charge in [-0.05, 0) is 80.8 Å². The number of rotatable bonds is 8. The van der Waals surface area contributed by atoms with Crippen molar-refractivity contribution in [2.45, 2.75) is 51.0 Å². The first-order valence-electron chi connectivity index (χ1n) is 15.2. The number of carbonyl (C=O) groups is 1. The Morgan fingerprint density at radius 3 is 2.21 bits per heavy atom. The van der Waals surface area contributed by atoms with Gasteiger partial charge in [0.25, 0.3) is 5.91 Å². The number of carbonyl (C=O) groups excluding carboxylic acids is 1. The molecule has 0 spiro atoms. The van der Waals surface area contributed by atoms with Gasteiger partial charge in [-0.2, -0.15) is 5.26 Å². The molecule has 220 valence electrons. The zero-order chi connectivity index (χ0) is 29.6. The maximum absolute atomic E-state index is 13.9. The normalized spacial score (nSPS) is 15.9. The molecule has 5 rings (SSSR count). The Balaban J connectivity index is 1.31. The molecule has 0 bridgehead atoms. The van der Waals surface area contributed by atoms with Crippen LogP contribution in [0, 0.1) is 25.2 Å². The fourth-order valence-corrected chi connectivity index (χ4v) is 7.22. The lowest BCUT2D eigenvalue weighted by molar-refractivity contribution is 0.0746. The molecule has 0 radical (unpaired) electrons. The lowest BCUT2D eigenvalue weighted by Crippen LogP contribution is -2.49. The monoisotopic (exact) mass is 581 g/mol. The molecule has 3 aromatic rings. The van der Waals surface area contributed by atoms with E-state index in [1.165, 1.54) is 21.8 Å². The smallest absolute Gasteiger partial charge is 0.254 e. The Hall–Kier alpha value is -3.63. The summed E-state index contributed by atoms with van der Waals surface area (Å²) < 4.78 is 0. The molecule has 0 aliphatic carbocycles. The van der Waals surface area contributed by atoms with Crippen LogP contribution in [0.15, 0.2) is 65.6 Å². The van der Waals surface area contributed by atoms with E-state index < -0.39 is 0 Å². The van der Waals surface area contributed by atoms with E-state index in [0.717, 1.165) is 87.5 Å². The zero-order valence-corrected chi connectivity index (χ0v) is 26.3. The van der Waals surface area contributed by atoms with Crippen LogP contribution in [0.1, 0.15) is 53.2 Å². The minimum atomic E-state index is 0.144. The van der Waals surface area contributed by atoms with Crippen molar-refractivity contribution in [2.75, 3.05) is 66.8 Å². The highest BCUT2D eigenvalue weighted by Gasteiger charge is 2.29. The second-order valence-corrected chi connectivity index (χ2v) is 12.3. The first kappa shape index (κ1) is 29.8. The standard InChI is InChI=1S/C35H43N5OS/c1-5-16-40(29-14-17-37(18-15-29)31-11-7-6-10-28(31)25-36)33-24-30(26(2)23-27(33)3)35(41)39-21-19-38(20-22-39)32-12-8-9-13-34(32)42-4/h6-13,23-24,29H,5,14-22H2,1-4H3. The Morgan fingerprint density at radius 1 is 0.905 bits per heavy atom. The first-order chi connectivity index (χ1) is 20.4. The summed E-state index contributed by atoms with van der Waals surface area (Å²) in [5, 5.41) is 9.59. The fraction of sp³-hybridized carbons (Fsp3) is 0.429. The summed E-state index contributed by atoms with van der Waals surface area (Å²) in [6.45, 7) is 12.4. The number of piperazine rings is 1. The number of benzene rings is 3. The highest BCUT2D eigenvalue weighted by molar-refractivity contribution is 7.98. The molecule has 2 heterocycles. The number of nitriles is 1.